The van der Waals surface area contributed by atoms with Crippen LogP contribution in [0.4, 0.5) is 0 Å². The van der Waals surface area contributed by atoms with Gasteiger partial charge in [-0.2, -0.15) is 0 Å². The number of hydrogen-bond acceptors (Lipinski definition) is 3. The zero-order chi connectivity index (χ0) is 60.9. The average Bonchev–Trinajstić information content (AvgIpc) is 0.958. The van der Waals surface area contributed by atoms with Crippen LogP contribution in [0.25, 0.3) is 148 Å². The highest BCUT2D eigenvalue weighted by Gasteiger charge is 2.23. The summed E-state index contributed by atoms with van der Waals surface area (Å²) in [5.74, 6) is 0.933. The van der Waals surface area contributed by atoms with Gasteiger partial charge in [0.2, 0.25) is 0 Å². The lowest BCUT2D eigenvalue weighted by Crippen LogP contribution is -2.22. The second kappa shape index (κ2) is 23.4. The van der Waals surface area contributed by atoms with Gasteiger partial charge < -0.3 is 0 Å². The zero-order valence-electron chi connectivity index (χ0n) is 50.1. The fourth-order valence-corrected chi connectivity index (χ4v) is 16.3. The molecule has 0 N–H and O–H groups in total. The van der Waals surface area contributed by atoms with Gasteiger partial charge in [0.25, 0.3) is 0 Å². The normalized spacial score (nSPS) is 11.6. The molecule has 5 heteroatoms. The topological polar surface area (TPSA) is 43.6 Å². The van der Waals surface area contributed by atoms with Gasteiger partial charge in [-0.1, -0.05) is 285 Å². The van der Waals surface area contributed by atoms with Gasteiger partial charge in [-0.3, -0.25) is 9.55 Å². The monoisotopic (exact) mass is 1190 g/mol. The minimum absolute atomic E-state index is 0.791. The van der Waals surface area contributed by atoms with Crippen LogP contribution in [0, 0.1) is 0 Å². The molecule has 0 amide bonds. The number of hydrogen-bond donors (Lipinski definition) is 0. The summed E-state index contributed by atoms with van der Waals surface area (Å²) < 4.78 is 2.26. The maximum Gasteiger partial charge on any atom is 0.145 e. The van der Waals surface area contributed by atoms with Crippen molar-refractivity contribution >= 4 is 111 Å². The molecule has 0 radical (unpaired) electrons. The van der Waals surface area contributed by atoms with Gasteiger partial charge in [-0.05, 0) is 176 Å². The summed E-state index contributed by atoms with van der Waals surface area (Å²) >= 11 is 0. The van der Waals surface area contributed by atoms with Crippen LogP contribution in [-0.4, -0.2) is 19.5 Å². The van der Waals surface area contributed by atoms with Crippen molar-refractivity contribution in [3.05, 3.63) is 346 Å². The number of imidazole rings is 1. The first-order valence-corrected chi connectivity index (χ1v) is 32.6. The molecule has 0 spiro atoms. The third kappa shape index (κ3) is 9.91. The first-order valence-electron chi connectivity index (χ1n) is 31.3. The molecule has 0 unspecified atom stereocenters. The average molecular weight is 1190 g/mol. The van der Waals surface area contributed by atoms with E-state index in [4.69, 9.17) is 9.97 Å². The molecular formula is C87H57N4P. The summed E-state index contributed by atoms with van der Waals surface area (Å²) in [6, 6.07) is 123. The highest BCUT2D eigenvalue weighted by Crippen LogP contribution is 2.46. The minimum atomic E-state index is -0.791. The molecule has 18 aromatic rings. The highest BCUT2D eigenvalue weighted by molar-refractivity contribution is 7.80. The second-order valence-electron chi connectivity index (χ2n) is 23.5. The van der Waals surface area contributed by atoms with Crippen molar-refractivity contribution in [2.45, 2.75) is 0 Å². The van der Waals surface area contributed by atoms with Gasteiger partial charge in [-0.25, -0.2) is 9.97 Å². The number of benzene rings is 16. The number of nitrogens with zero attached hydrogens (tertiary/aromatic N) is 4. The van der Waals surface area contributed by atoms with E-state index in [1.165, 1.54) is 108 Å². The van der Waals surface area contributed by atoms with Crippen molar-refractivity contribution in [3.8, 4) is 61.7 Å². The molecule has 2 heterocycles. The van der Waals surface area contributed by atoms with E-state index < -0.39 is 7.92 Å². The number of rotatable bonds is 9. The van der Waals surface area contributed by atoms with E-state index in [0.717, 1.165) is 56.0 Å². The lowest BCUT2D eigenvalue weighted by molar-refractivity contribution is 1.10. The van der Waals surface area contributed by atoms with Crippen LogP contribution in [0.1, 0.15) is 0 Å². The van der Waals surface area contributed by atoms with Crippen LogP contribution < -0.4 is 15.9 Å². The standard InChI is InChI=1S/C53H34N2.C34H23N2P/c1-2-16-44(17-3-1)55-50-21-11-10-20-49(50)54-53(55)38-26-22-37(23-27-38)41-30-31-47-48(34-41)52(43-29-25-36-13-5-7-15-40(36)33-43)46-19-9-8-18-45(46)51(47)42-28-24-35-12-4-6-14-39(35)32-42;1-3-13-28-24(9-1)11-7-17-33(28)37(34-18-8-12-25-10-2-4-14-29(25)34)27-21-19-26(20-22-27)32-23-35-30-15-5-6-16-31(30)36-32/h1-34H;1-23H. The third-order valence-electron chi connectivity index (χ3n) is 18.0. The Labute approximate surface area is 534 Å². The molecule has 430 valence electrons. The van der Waals surface area contributed by atoms with E-state index in [0.29, 0.717) is 0 Å². The smallest absolute Gasteiger partial charge is 0.145 e. The molecule has 0 atom stereocenters. The van der Waals surface area contributed by atoms with Gasteiger partial charge in [-0.15, -0.1) is 0 Å². The molecule has 0 saturated carbocycles. The summed E-state index contributed by atoms with van der Waals surface area (Å²) in [7, 11) is -0.791. The predicted octanol–water partition coefficient (Wildman–Crippen LogP) is 21.7. The molecule has 0 fully saturated rings. The molecule has 0 aliphatic rings. The Morgan fingerprint density at radius 2 is 0.717 bits per heavy atom. The van der Waals surface area contributed by atoms with E-state index in [9.17, 15) is 0 Å². The summed E-state index contributed by atoms with van der Waals surface area (Å²) in [6.45, 7) is 0. The first kappa shape index (κ1) is 54.5. The second-order valence-corrected chi connectivity index (χ2v) is 25.6. The van der Waals surface area contributed by atoms with Crippen molar-refractivity contribution in [2.24, 2.45) is 0 Å². The van der Waals surface area contributed by atoms with Crippen LogP contribution in [0.5, 0.6) is 0 Å². The van der Waals surface area contributed by atoms with Gasteiger partial charge >= 0.3 is 0 Å². The third-order valence-corrected chi connectivity index (χ3v) is 20.6. The summed E-state index contributed by atoms with van der Waals surface area (Å²) in [5, 5.41) is 19.2. The molecule has 0 aliphatic heterocycles. The first-order chi connectivity index (χ1) is 45.6. The summed E-state index contributed by atoms with van der Waals surface area (Å²) in [6.07, 6.45) is 1.87. The fourth-order valence-electron chi connectivity index (χ4n) is 13.6. The van der Waals surface area contributed by atoms with Crippen molar-refractivity contribution in [1.82, 2.24) is 19.5 Å². The Kier molecular flexibility index (Phi) is 13.8. The van der Waals surface area contributed by atoms with Crippen molar-refractivity contribution < 1.29 is 0 Å². The zero-order valence-corrected chi connectivity index (χ0v) is 51.0. The summed E-state index contributed by atoms with van der Waals surface area (Å²) in [5.41, 5.74) is 15.4. The van der Waals surface area contributed by atoms with E-state index in [2.05, 4.69) is 325 Å². The van der Waals surface area contributed by atoms with Crippen molar-refractivity contribution in [1.29, 1.82) is 0 Å². The molecule has 0 saturated heterocycles. The fraction of sp³-hybridized carbons (Fsp3) is 0. The molecule has 92 heavy (non-hydrogen) atoms. The molecule has 18 rings (SSSR count). The largest absolute Gasteiger partial charge is 0.292 e. The van der Waals surface area contributed by atoms with Gasteiger partial charge in [0, 0.05) is 16.8 Å². The molecule has 2 aromatic heterocycles. The minimum Gasteiger partial charge on any atom is -0.292 e. The van der Waals surface area contributed by atoms with Gasteiger partial charge in [0.05, 0.1) is 34.0 Å². The molecule has 0 aliphatic carbocycles. The van der Waals surface area contributed by atoms with Gasteiger partial charge in [0.1, 0.15) is 5.82 Å². The maximum absolute atomic E-state index is 5.12. The van der Waals surface area contributed by atoms with Crippen LogP contribution in [-0.2, 0) is 0 Å². The Bertz CT molecular complexity index is 5750. The van der Waals surface area contributed by atoms with Gasteiger partial charge in [0.15, 0.2) is 0 Å². The number of fused-ring (bicyclic) bond motifs is 8. The van der Waals surface area contributed by atoms with E-state index >= 15 is 0 Å². The molecule has 4 nitrogen and oxygen atoms in total. The lowest BCUT2D eigenvalue weighted by Gasteiger charge is -2.23. The maximum atomic E-state index is 5.12. The van der Waals surface area contributed by atoms with Crippen LogP contribution in [0.15, 0.2) is 346 Å². The van der Waals surface area contributed by atoms with E-state index in [1.54, 1.807) is 0 Å². The Balaban J connectivity index is 0.000000152. The van der Waals surface area contributed by atoms with Crippen LogP contribution >= 0.6 is 7.92 Å². The Hall–Kier alpha value is -11.7. The number of aromatic nitrogens is 4. The predicted molar refractivity (Wildman–Crippen MR) is 392 cm³/mol. The van der Waals surface area contributed by atoms with Crippen LogP contribution in [0.3, 0.4) is 0 Å². The van der Waals surface area contributed by atoms with Crippen molar-refractivity contribution in [3.63, 3.8) is 0 Å². The highest BCUT2D eigenvalue weighted by atomic mass is 31.1. The van der Waals surface area contributed by atoms with Crippen molar-refractivity contribution in [2.75, 3.05) is 0 Å². The Morgan fingerprint density at radius 1 is 0.261 bits per heavy atom. The number of para-hydroxylation sites is 5. The molecule has 16 aromatic carbocycles. The summed E-state index contributed by atoms with van der Waals surface area (Å²) in [4.78, 5) is 14.6. The Morgan fingerprint density at radius 3 is 1.35 bits per heavy atom. The van der Waals surface area contributed by atoms with E-state index in [1.807, 2.05) is 30.5 Å². The molecular weight excluding hydrogens is 1130 g/mol. The SMILES string of the molecule is c1ccc(-n2c(-c3ccc(-c4ccc5c(-c6ccc7ccccc7c6)c6ccccc6c(-c6ccc7ccccc7c6)c5c4)cc3)nc3ccccc32)cc1.c1ccc2c(P(c3ccc(-c4cnc5ccccc5n4)cc3)c3cccc4ccccc34)cccc2c1. The van der Waals surface area contributed by atoms with E-state index in [-0.39, 0.29) is 0 Å². The molecule has 0 bridgehead atoms. The quantitative estimate of drug-likeness (QED) is 0.107. The lowest BCUT2D eigenvalue weighted by atomic mass is 9.84. The van der Waals surface area contributed by atoms with Crippen LogP contribution in [0.2, 0.25) is 0 Å².